The number of thioether (sulfide) groups is 1. The van der Waals surface area contributed by atoms with Crippen molar-refractivity contribution in [3.63, 3.8) is 0 Å². The SMILES string of the molecule is C=CCCCCC(=O)O[C@@](Cn1cncn1)(c1ccc(F)cc1F)[C@@H](C)SC1COC(/C=C/C=C/c2ccc(C#N)cc2F)OC1. The van der Waals surface area contributed by atoms with Gasteiger partial charge in [-0.3, -0.25) is 4.79 Å². The number of nitriles is 1. The number of hydrogen-bond acceptors (Lipinski definition) is 8. The van der Waals surface area contributed by atoms with Gasteiger partial charge >= 0.3 is 5.97 Å². The number of hydrogen-bond donors (Lipinski definition) is 0. The van der Waals surface area contributed by atoms with Crippen LogP contribution >= 0.6 is 11.8 Å². The van der Waals surface area contributed by atoms with Gasteiger partial charge in [-0.05, 0) is 56.5 Å². The highest BCUT2D eigenvalue weighted by Crippen LogP contribution is 2.42. The summed E-state index contributed by atoms with van der Waals surface area (Å²) < 4.78 is 63.0. The minimum Gasteiger partial charge on any atom is -0.451 e. The Morgan fingerprint density at radius 1 is 1.20 bits per heavy atom. The summed E-state index contributed by atoms with van der Waals surface area (Å²) in [5, 5.41) is 12.3. The predicted molar refractivity (Wildman–Crippen MR) is 169 cm³/mol. The Morgan fingerprint density at radius 2 is 2.00 bits per heavy atom. The van der Waals surface area contributed by atoms with Crippen LogP contribution in [0.5, 0.6) is 0 Å². The van der Waals surface area contributed by atoms with Crippen molar-refractivity contribution in [2.24, 2.45) is 0 Å². The van der Waals surface area contributed by atoms with Crippen LogP contribution in [0.3, 0.4) is 0 Å². The van der Waals surface area contributed by atoms with Gasteiger partial charge in [-0.2, -0.15) is 10.4 Å². The second-order valence-corrected chi connectivity index (χ2v) is 12.3. The highest BCUT2D eigenvalue weighted by molar-refractivity contribution is 8.00. The molecule has 46 heavy (non-hydrogen) atoms. The third-order valence-electron chi connectivity index (χ3n) is 7.32. The van der Waals surface area contributed by atoms with Gasteiger partial charge in [0.2, 0.25) is 0 Å². The van der Waals surface area contributed by atoms with Crippen LogP contribution in [0.15, 0.2) is 79.9 Å². The number of rotatable bonds is 15. The molecule has 1 saturated heterocycles. The van der Waals surface area contributed by atoms with Crippen molar-refractivity contribution in [3.05, 3.63) is 114 Å². The molecule has 0 bridgehead atoms. The summed E-state index contributed by atoms with van der Waals surface area (Å²) in [6, 6.07) is 9.34. The maximum absolute atomic E-state index is 15.5. The summed E-state index contributed by atoms with van der Waals surface area (Å²) in [5.74, 6) is -2.61. The first-order valence-electron chi connectivity index (χ1n) is 14.8. The number of benzene rings is 2. The average Bonchev–Trinajstić information content (AvgIpc) is 3.55. The summed E-state index contributed by atoms with van der Waals surface area (Å²) >= 11 is 1.40. The van der Waals surface area contributed by atoms with Crippen LogP contribution in [0.2, 0.25) is 0 Å². The van der Waals surface area contributed by atoms with E-state index in [4.69, 9.17) is 19.5 Å². The number of unbranched alkanes of at least 4 members (excludes halogenated alkanes) is 2. The number of allylic oxidation sites excluding steroid dienone is 3. The van der Waals surface area contributed by atoms with E-state index in [1.807, 2.05) is 13.0 Å². The summed E-state index contributed by atoms with van der Waals surface area (Å²) in [7, 11) is 0. The van der Waals surface area contributed by atoms with Gasteiger partial charge in [0.05, 0.1) is 36.6 Å². The van der Waals surface area contributed by atoms with Crippen molar-refractivity contribution in [1.29, 1.82) is 5.26 Å². The molecular weight excluding hydrogens is 617 g/mol. The molecule has 242 valence electrons. The van der Waals surface area contributed by atoms with Crippen LogP contribution in [0, 0.1) is 28.8 Å². The van der Waals surface area contributed by atoms with Crippen molar-refractivity contribution in [2.75, 3.05) is 13.2 Å². The van der Waals surface area contributed by atoms with E-state index in [9.17, 15) is 13.6 Å². The van der Waals surface area contributed by atoms with Crippen molar-refractivity contribution >= 4 is 23.8 Å². The molecule has 1 aromatic heterocycles. The van der Waals surface area contributed by atoms with Crippen LogP contribution in [-0.4, -0.2) is 50.7 Å². The van der Waals surface area contributed by atoms with E-state index in [1.165, 1.54) is 53.4 Å². The Bertz CT molecular complexity index is 1570. The first-order valence-corrected chi connectivity index (χ1v) is 15.7. The van der Waals surface area contributed by atoms with Gasteiger partial charge in [0.1, 0.15) is 30.1 Å². The Labute approximate surface area is 270 Å². The van der Waals surface area contributed by atoms with Crippen molar-refractivity contribution in [3.8, 4) is 6.07 Å². The number of carbonyl (C=O) groups is 1. The number of aromatic nitrogens is 3. The monoisotopic (exact) mass is 652 g/mol. The molecule has 0 saturated carbocycles. The second kappa shape index (κ2) is 16.9. The van der Waals surface area contributed by atoms with Crippen LogP contribution in [0.25, 0.3) is 6.08 Å². The predicted octanol–water partition coefficient (Wildman–Crippen LogP) is 6.88. The second-order valence-electron chi connectivity index (χ2n) is 10.6. The van der Waals surface area contributed by atoms with Crippen LogP contribution in [0.1, 0.15) is 49.3 Å². The molecule has 1 aliphatic heterocycles. The molecule has 1 aliphatic rings. The molecule has 3 aromatic rings. The first kappa shape index (κ1) is 34.7. The molecule has 0 N–H and O–H groups in total. The maximum atomic E-state index is 15.5. The molecule has 0 aliphatic carbocycles. The normalized spacial score (nSPS) is 18.7. The molecule has 0 radical (unpaired) electrons. The van der Waals surface area contributed by atoms with Gasteiger partial charge in [-0.1, -0.05) is 30.4 Å². The van der Waals surface area contributed by atoms with Gasteiger partial charge < -0.3 is 14.2 Å². The fraction of sp³-hybridized carbons (Fsp3) is 0.353. The van der Waals surface area contributed by atoms with Crippen molar-refractivity contribution in [1.82, 2.24) is 14.8 Å². The molecular formula is C34H35F3N4O4S. The topological polar surface area (TPSA) is 99.3 Å². The fourth-order valence-corrected chi connectivity index (χ4v) is 6.30. The Balaban J connectivity index is 1.47. The first-order chi connectivity index (χ1) is 22.2. The van der Waals surface area contributed by atoms with E-state index < -0.39 is 40.6 Å². The summed E-state index contributed by atoms with van der Waals surface area (Å²) in [6.45, 7) is 6.01. The van der Waals surface area contributed by atoms with E-state index in [-0.39, 0.29) is 42.6 Å². The van der Waals surface area contributed by atoms with E-state index in [0.29, 0.717) is 12.0 Å². The van der Waals surface area contributed by atoms with E-state index in [2.05, 4.69) is 16.7 Å². The average molecular weight is 653 g/mol. The summed E-state index contributed by atoms with van der Waals surface area (Å²) in [6.07, 6.45) is 12.6. The molecule has 0 amide bonds. The molecule has 1 fully saturated rings. The molecule has 0 unspecified atom stereocenters. The van der Waals surface area contributed by atoms with E-state index in [1.54, 1.807) is 30.4 Å². The minimum absolute atomic E-state index is 0.0211. The zero-order valence-electron chi connectivity index (χ0n) is 25.4. The fourth-order valence-electron chi connectivity index (χ4n) is 4.94. The Hall–Kier alpha value is -4.18. The summed E-state index contributed by atoms with van der Waals surface area (Å²) in [4.78, 5) is 17.2. The smallest absolute Gasteiger partial charge is 0.306 e. The number of carbonyl (C=O) groups excluding carboxylic acids is 1. The largest absolute Gasteiger partial charge is 0.451 e. The van der Waals surface area contributed by atoms with E-state index >= 15 is 4.39 Å². The van der Waals surface area contributed by atoms with Crippen LogP contribution < -0.4 is 0 Å². The number of nitrogens with zero attached hydrogens (tertiary/aromatic N) is 4. The zero-order chi connectivity index (χ0) is 32.9. The lowest BCUT2D eigenvalue weighted by Gasteiger charge is -2.40. The minimum atomic E-state index is -1.58. The van der Waals surface area contributed by atoms with Gasteiger partial charge in [-0.15, -0.1) is 18.3 Å². The quantitative estimate of drug-likeness (QED) is 0.0758. The molecule has 12 heteroatoms. The number of ether oxygens (including phenoxy) is 3. The van der Waals surface area contributed by atoms with Gasteiger partial charge in [0.15, 0.2) is 11.9 Å². The van der Waals surface area contributed by atoms with Gasteiger partial charge in [0, 0.05) is 28.9 Å². The third-order valence-corrected chi connectivity index (χ3v) is 8.76. The Morgan fingerprint density at radius 3 is 2.67 bits per heavy atom. The zero-order valence-corrected chi connectivity index (χ0v) is 26.2. The number of halogens is 3. The third kappa shape index (κ3) is 9.42. The molecule has 4 rings (SSSR count). The lowest BCUT2D eigenvalue weighted by Crippen LogP contribution is -2.47. The molecule has 0 spiro atoms. The standard InChI is InChI=1S/C34H35F3N4O4S/c1-3-4-5-6-10-32(42)45-34(21-41-23-39-22-40-41,29-15-14-27(35)17-31(29)37)24(2)46-28-19-43-33(44-20-28)11-8-7-9-26-13-12-25(18-38)16-30(26)36/h3,7-9,11-17,22-24,28,33H,1,4-6,10,19-21H2,2H3/b9-7+,11-8+/t24-,28?,33?,34-/m1/s1. The van der Waals surface area contributed by atoms with Crippen LogP contribution in [0.4, 0.5) is 13.2 Å². The highest BCUT2D eigenvalue weighted by Gasteiger charge is 2.46. The Kier molecular flexibility index (Phi) is 12.8. The summed E-state index contributed by atoms with van der Waals surface area (Å²) in [5.41, 5.74) is -0.975. The van der Waals surface area contributed by atoms with Gasteiger partial charge in [0.25, 0.3) is 0 Å². The lowest BCUT2D eigenvalue weighted by atomic mass is 9.89. The number of esters is 1. The highest BCUT2D eigenvalue weighted by atomic mass is 32.2. The van der Waals surface area contributed by atoms with E-state index in [0.717, 1.165) is 25.0 Å². The van der Waals surface area contributed by atoms with Gasteiger partial charge in [-0.25, -0.2) is 22.8 Å². The van der Waals surface area contributed by atoms with Crippen LogP contribution in [-0.2, 0) is 31.2 Å². The van der Waals surface area contributed by atoms with Crippen molar-refractivity contribution in [2.45, 2.75) is 61.5 Å². The maximum Gasteiger partial charge on any atom is 0.306 e. The molecule has 2 aromatic carbocycles. The lowest BCUT2D eigenvalue weighted by molar-refractivity contribution is -0.163. The molecule has 2 atom stereocenters. The molecule has 2 heterocycles. The van der Waals surface area contributed by atoms with Crippen molar-refractivity contribution < 1.29 is 32.2 Å². The molecule has 8 nitrogen and oxygen atoms in total.